The van der Waals surface area contributed by atoms with Crippen LogP contribution in [0.4, 0.5) is 0 Å². The number of nitrogens with one attached hydrogen (secondary N) is 1. The Morgan fingerprint density at radius 3 is 2.39 bits per heavy atom. The van der Waals surface area contributed by atoms with Crippen molar-refractivity contribution in [1.82, 2.24) is 10.2 Å². The van der Waals surface area contributed by atoms with Crippen LogP contribution >= 0.6 is 0 Å². The van der Waals surface area contributed by atoms with Crippen LogP contribution in [-0.4, -0.2) is 30.6 Å². The molecular weight excluding hydrogens is 220 g/mol. The van der Waals surface area contributed by atoms with Gasteiger partial charge >= 0.3 is 0 Å². The van der Waals surface area contributed by atoms with Crippen LogP contribution in [0.25, 0.3) is 0 Å². The van der Waals surface area contributed by atoms with Gasteiger partial charge in [0.25, 0.3) is 0 Å². The molecule has 1 fully saturated rings. The van der Waals surface area contributed by atoms with Crippen molar-refractivity contribution in [2.45, 2.75) is 39.3 Å². The Morgan fingerprint density at radius 1 is 1.11 bits per heavy atom. The van der Waals surface area contributed by atoms with E-state index in [1.54, 1.807) is 0 Å². The summed E-state index contributed by atoms with van der Waals surface area (Å²) in [6.45, 7) is 9.34. The van der Waals surface area contributed by atoms with E-state index in [2.05, 4.69) is 54.4 Å². The molecule has 0 aromatic heterocycles. The van der Waals surface area contributed by atoms with E-state index < -0.39 is 0 Å². The highest BCUT2D eigenvalue weighted by atomic mass is 15.2. The van der Waals surface area contributed by atoms with E-state index in [9.17, 15) is 0 Å². The fraction of sp³-hybridized carbons (Fsp3) is 0.625. The lowest BCUT2D eigenvalue weighted by Gasteiger charge is -2.31. The van der Waals surface area contributed by atoms with Crippen molar-refractivity contribution in [3.8, 4) is 0 Å². The average Bonchev–Trinajstić information content (AvgIpc) is 2.89. The van der Waals surface area contributed by atoms with Crippen molar-refractivity contribution >= 4 is 0 Å². The monoisotopic (exact) mass is 246 g/mol. The molecule has 100 valence electrons. The molecular formula is C16H26N2. The Balaban J connectivity index is 1.79. The summed E-state index contributed by atoms with van der Waals surface area (Å²) in [5, 5.41) is 3.62. The summed E-state index contributed by atoms with van der Waals surface area (Å²) >= 11 is 0. The molecule has 0 aliphatic carbocycles. The first-order valence-electron chi connectivity index (χ1n) is 7.26. The minimum absolute atomic E-state index is 0.691. The summed E-state index contributed by atoms with van der Waals surface area (Å²) < 4.78 is 0. The predicted molar refractivity (Wildman–Crippen MR) is 77.6 cm³/mol. The number of benzene rings is 1. The van der Waals surface area contributed by atoms with E-state index in [1.165, 1.54) is 31.5 Å². The van der Waals surface area contributed by atoms with Gasteiger partial charge in [-0.25, -0.2) is 0 Å². The minimum atomic E-state index is 0.691. The molecule has 0 amide bonds. The largest absolute Gasteiger partial charge is 0.311 e. The van der Waals surface area contributed by atoms with Crippen LogP contribution in [0.15, 0.2) is 30.3 Å². The lowest BCUT2D eigenvalue weighted by molar-refractivity contribution is 0.186. The van der Waals surface area contributed by atoms with Gasteiger partial charge in [-0.05, 0) is 37.4 Å². The first-order chi connectivity index (χ1) is 8.77. The molecule has 18 heavy (non-hydrogen) atoms. The van der Waals surface area contributed by atoms with Crippen LogP contribution in [0.5, 0.6) is 0 Å². The Labute approximate surface area is 111 Å². The fourth-order valence-corrected chi connectivity index (χ4v) is 2.82. The van der Waals surface area contributed by atoms with Gasteiger partial charge in [-0.3, -0.25) is 4.90 Å². The fourth-order valence-electron chi connectivity index (χ4n) is 2.82. The van der Waals surface area contributed by atoms with Gasteiger partial charge in [0.2, 0.25) is 0 Å². The number of hydrogen-bond acceptors (Lipinski definition) is 2. The molecule has 0 radical (unpaired) electrons. The van der Waals surface area contributed by atoms with Crippen molar-refractivity contribution < 1.29 is 0 Å². The normalized spacial score (nSPS) is 18.4. The van der Waals surface area contributed by atoms with Crippen molar-refractivity contribution in [2.24, 2.45) is 5.92 Å². The molecule has 1 saturated heterocycles. The summed E-state index contributed by atoms with van der Waals surface area (Å²) in [5.41, 5.74) is 1.38. The molecule has 1 N–H and O–H groups in total. The topological polar surface area (TPSA) is 15.3 Å². The van der Waals surface area contributed by atoms with Gasteiger partial charge in [-0.15, -0.1) is 0 Å². The standard InChI is InChI=1S/C16H26N2/c1-14(2)16(18-10-6-7-11-18)13-17-12-15-8-4-3-5-9-15/h3-5,8-9,14,16-17H,6-7,10-13H2,1-2H3. The van der Waals surface area contributed by atoms with E-state index in [0.29, 0.717) is 6.04 Å². The highest BCUT2D eigenvalue weighted by molar-refractivity contribution is 5.14. The molecule has 2 nitrogen and oxygen atoms in total. The molecule has 1 unspecified atom stereocenters. The van der Waals surface area contributed by atoms with Crippen LogP contribution in [0.2, 0.25) is 0 Å². The Bertz CT molecular complexity index is 328. The summed E-state index contributed by atoms with van der Waals surface area (Å²) in [5.74, 6) is 0.728. The quantitative estimate of drug-likeness (QED) is 0.830. The molecule has 1 aliphatic rings. The molecule has 1 heterocycles. The average molecular weight is 246 g/mol. The third-order valence-electron chi connectivity index (χ3n) is 3.90. The highest BCUT2D eigenvalue weighted by Gasteiger charge is 2.23. The number of rotatable bonds is 6. The van der Waals surface area contributed by atoms with E-state index in [0.717, 1.165) is 19.0 Å². The molecule has 0 bridgehead atoms. The van der Waals surface area contributed by atoms with Crippen molar-refractivity contribution in [2.75, 3.05) is 19.6 Å². The SMILES string of the molecule is CC(C)C(CNCc1ccccc1)N1CCCC1. The zero-order valence-electron chi connectivity index (χ0n) is 11.7. The summed E-state index contributed by atoms with van der Waals surface area (Å²) in [4.78, 5) is 2.66. The molecule has 1 aromatic carbocycles. The van der Waals surface area contributed by atoms with Gasteiger partial charge in [0.1, 0.15) is 0 Å². The van der Waals surface area contributed by atoms with Gasteiger partial charge in [0.05, 0.1) is 0 Å². The van der Waals surface area contributed by atoms with Gasteiger partial charge in [-0.2, -0.15) is 0 Å². The van der Waals surface area contributed by atoms with Crippen LogP contribution in [-0.2, 0) is 6.54 Å². The zero-order chi connectivity index (χ0) is 12.8. The second-order valence-corrected chi connectivity index (χ2v) is 5.67. The van der Waals surface area contributed by atoms with Crippen molar-refractivity contribution in [1.29, 1.82) is 0 Å². The third-order valence-corrected chi connectivity index (χ3v) is 3.90. The Hall–Kier alpha value is -0.860. The Morgan fingerprint density at radius 2 is 1.78 bits per heavy atom. The molecule has 1 aromatic rings. The maximum atomic E-state index is 3.62. The molecule has 1 aliphatic heterocycles. The smallest absolute Gasteiger partial charge is 0.0243 e. The summed E-state index contributed by atoms with van der Waals surface area (Å²) in [6.07, 6.45) is 2.75. The number of hydrogen-bond donors (Lipinski definition) is 1. The maximum absolute atomic E-state index is 3.62. The van der Waals surface area contributed by atoms with Gasteiger partial charge in [0.15, 0.2) is 0 Å². The van der Waals surface area contributed by atoms with E-state index in [1.807, 2.05) is 0 Å². The summed E-state index contributed by atoms with van der Waals surface area (Å²) in [7, 11) is 0. The third kappa shape index (κ3) is 3.82. The predicted octanol–water partition coefficient (Wildman–Crippen LogP) is 2.90. The van der Waals surface area contributed by atoms with E-state index in [4.69, 9.17) is 0 Å². The minimum Gasteiger partial charge on any atom is -0.311 e. The van der Waals surface area contributed by atoms with Crippen LogP contribution < -0.4 is 5.32 Å². The molecule has 2 rings (SSSR count). The van der Waals surface area contributed by atoms with Crippen LogP contribution in [0.1, 0.15) is 32.3 Å². The maximum Gasteiger partial charge on any atom is 0.0243 e. The van der Waals surface area contributed by atoms with Gasteiger partial charge < -0.3 is 5.32 Å². The lowest BCUT2D eigenvalue weighted by atomic mass is 10.0. The van der Waals surface area contributed by atoms with Crippen LogP contribution in [0, 0.1) is 5.92 Å². The number of nitrogens with zero attached hydrogens (tertiary/aromatic N) is 1. The molecule has 2 heteroatoms. The first kappa shape index (κ1) is 13.6. The second kappa shape index (κ2) is 6.91. The molecule has 0 spiro atoms. The Kier molecular flexibility index (Phi) is 5.21. The summed E-state index contributed by atoms with van der Waals surface area (Å²) in [6, 6.07) is 11.4. The van der Waals surface area contributed by atoms with Crippen molar-refractivity contribution in [3.05, 3.63) is 35.9 Å². The highest BCUT2D eigenvalue weighted by Crippen LogP contribution is 2.17. The first-order valence-corrected chi connectivity index (χ1v) is 7.26. The molecule has 1 atom stereocenters. The number of likely N-dealkylation sites (tertiary alicyclic amines) is 1. The van der Waals surface area contributed by atoms with Gasteiger partial charge in [-0.1, -0.05) is 44.2 Å². The second-order valence-electron chi connectivity index (χ2n) is 5.67. The van der Waals surface area contributed by atoms with E-state index in [-0.39, 0.29) is 0 Å². The van der Waals surface area contributed by atoms with Crippen LogP contribution in [0.3, 0.4) is 0 Å². The van der Waals surface area contributed by atoms with Crippen molar-refractivity contribution in [3.63, 3.8) is 0 Å². The molecule has 0 saturated carbocycles. The van der Waals surface area contributed by atoms with E-state index >= 15 is 0 Å². The zero-order valence-corrected chi connectivity index (χ0v) is 11.7. The van der Waals surface area contributed by atoms with Gasteiger partial charge in [0, 0.05) is 19.1 Å². The lowest BCUT2D eigenvalue weighted by Crippen LogP contribution is -2.44.